The summed E-state index contributed by atoms with van der Waals surface area (Å²) in [5.74, 6) is 0. The summed E-state index contributed by atoms with van der Waals surface area (Å²) in [5.41, 5.74) is 0.590. The molecule has 0 aromatic carbocycles. The molecular weight excluding hydrogens is 204 g/mol. The molecule has 2 heterocycles. The van der Waals surface area contributed by atoms with Crippen molar-refractivity contribution in [3.05, 3.63) is 0 Å². The van der Waals surface area contributed by atoms with E-state index in [0.717, 1.165) is 19.8 Å². The van der Waals surface area contributed by atoms with E-state index >= 15 is 0 Å². The molecule has 2 aliphatic heterocycles. The maximum absolute atomic E-state index is 5.50. The van der Waals surface area contributed by atoms with Crippen LogP contribution in [0, 0.1) is 5.41 Å². The highest BCUT2D eigenvalue weighted by Crippen LogP contribution is 2.35. The molecule has 0 amide bonds. The normalized spacial score (nSPS) is 30.6. The van der Waals surface area contributed by atoms with Gasteiger partial charge in [-0.3, -0.25) is 0 Å². The monoisotopic (exact) mass is 228 g/mol. The van der Waals surface area contributed by atoms with Gasteiger partial charge in [-0.25, -0.2) is 0 Å². The third-order valence-electron chi connectivity index (χ3n) is 3.83. The fourth-order valence-electron chi connectivity index (χ4n) is 2.80. The van der Waals surface area contributed by atoms with Gasteiger partial charge in [0, 0.05) is 26.7 Å². The van der Waals surface area contributed by atoms with Crippen molar-refractivity contribution in [3.8, 4) is 0 Å². The standard InChI is InChI=1S/C12H24N2O2/c1-15-8-9-16-7-6-14-5-3-12(11-14)2-4-13-10-12/h13H,2-11H2,1H3. The van der Waals surface area contributed by atoms with E-state index in [1.807, 2.05) is 0 Å². The van der Waals surface area contributed by atoms with Gasteiger partial charge in [-0.05, 0) is 31.3 Å². The first-order valence-corrected chi connectivity index (χ1v) is 6.34. The highest BCUT2D eigenvalue weighted by Gasteiger charge is 2.39. The number of hydrogen-bond donors (Lipinski definition) is 1. The van der Waals surface area contributed by atoms with Crippen LogP contribution >= 0.6 is 0 Å². The van der Waals surface area contributed by atoms with Crippen molar-refractivity contribution in [3.63, 3.8) is 0 Å². The minimum absolute atomic E-state index is 0.590. The highest BCUT2D eigenvalue weighted by molar-refractivity contribution is 4.95. The van der Waals surface area contributed by atoms with Crippen molar-refractivity contribution in [2.75, 3.05) is 59.7 Å². The molecule has 94 valence electrons. The number of rotatable bonds is 6. The third kappa shape index (κ3) is 3.17. The van der Waals surface area contributed by atoms with E-state index in [0.29, 0.717) is 12.0 Å². The van der Waals surface area contributed by atoms with Gasteiger partial charge < -0.3 is 19.7 Å². The minimum atomic E-state index is 0.590. The molecule has 0 radical (unpaired) electrons. The van der Waals surface area contributed by atoms with Crippen LogP contribution in [0.3, 0.4) is 0 Å². The molecule has 2 fully saturated rings. The Kier molecular flexibility index (Phi) is 4.58. The van der Waals surface area contributed by atoms with Crippen LogP contribution in [0.4, 0.5) is 0 Å². The summed E-state index contributed by atoms with van der Waals surface area (Å²) in [6.45, 7) is 8.26. The maximum atomic E-state index is 5.50. The Morgan fingerprint density at radius 3 is 2.94 bits per heavy atom. The van der Waals surface area contributed by atoms with Crippen molar-refractivity contribution < 1.29 is 9.47 Å². The van der Waals surface area contributed by atoms with Crippen molar-refractivity contribution >= 4 is 0 Å². The molecule has 0 saturated carbocycles. The molecule has 0 aliphatic carbocycles. The fraction of sp³-hybridized carbons (Fsp3) is 1.00. The van der Waals surface area contributed by atoms with E-state index in [2.05, 4.69) is 10.2 Å². The second-order valence-electron chi connectivity index (χ2n) is 5.06. The summed E-state index contributed by atoms with van der Waals surface area (Å²) < 4.78 is 10.4. The molecule has 0 bridgehead atoms. The summed E-state index contributed by atoms with van der Waals surface area (Å²) in [5, 5.41) is 3.49. The minimum Gasteiger partial charge on any atom is -0.382 e. The number of hydrogen-bond acceptors (Lipinski definition) is 4. The Hall–Kier alpha value is -0.160. The molecule has 1 atom stereocenters. The predicted octanol–water partition coefficient (Wildman–Crippen LogP) is 0.335. The maximum Gasteiger partial charge on any atom is 0.0700 e. The van der Waals surface area contributed by atoms with Crippen LogP contribution in [0.2, 0.25) is 0 Å². The first kappa shape index (κ1) is 12.3. The summed E-state index contributed by atoms with van der Waals surface area (Å²) in [7, 11) is 1.71. The van der Waals surface area contributed by atoms with E-state index in [-0.39, 0.29) is 0 Å². The van der Waals surface area contributed by atoms with Crippen LogP contribution in [-0.2, 0) is 9.47 Å². The lowest BCUT2D eigenvalue weighted by atomic mass is 9.87. The molecule has 4 nitrogen and oxygen atoms in total. The molecule has 1 spiro atoms. The first-order chi connectivity index (χ1) is 7.85. The van der Waals surface area contributed by atoms with Crippen molar-refractivity contribution in [2.24, 2.45) is 5.41 Å². The Labute approximate surface area is 98.3 Å². The van der Waals surface area contributed by atoms with E-state index in [1.54, 1.807) is 7.11 Å². The molecule has 1 unspecified atom stereocenters. The molecule has 1 N–H and O–H groups in total. The number of likely N-dealkylation sites (tertiary alicyclic amines) is 1. The molecule has 2 saturated heterocycles. The second kappa shape index (κ2) is 5.96. The average Bonchev–Trinajstić information content (AvgIpc) is 2.90. The summed E-state index contributed by atoms with van der Waals surface area (Å²) in [6, 6.07) is 0. The van der Waals surface area contributed by atoms with E-state index in [1.165, 1.54) is 39.0 Å². The molecule has 0 aromatic rings. The number of methoxy groups -OCH3 is 1. The Morgan fingerprint density at radius 2 is 2.19 bits per heavy atom. The summed E-state index contributed by atoms with van der Waals surface area (Å²) in [6.07, 6.45) is 2.71. The lowest BCUT2D eigenvalue weighted by Gasteiger charge is -2.22. The van der Waals surface area contributed by atoms with Crippen molar-refractivity contribution in [1.29, 1.82) is 0 Å². The fourth-order valence-corrected chi connectivity index (χ4v) is 2.80. The molecule has 0 aromatic heterocycles. The van der Waals surface area contributed by atoms with E-state index < -0.39 is 0 Å². The summed E-state index contributed by atoms with van der Waals surface area (Å²) >= 11 is 0. The third-order valence-corrected chi connectivity index (χ3v) is 3.83. The van der Waals surface area contributed by atoms with Crippen LogP contribution in [0.25, 0.3) is 0 Å². The Balaban J connectivity index is 1.58. The van der Waals surface area contributed by atoms with Crippen LogP contribution in [0.15, 0.2) is 0 Å². The van der Waals surface area contributed by atoms with E-state index in [4.69, 9.17) is 9.47 Å². The van der Waals surface area contributed by atoms with Gasteiger partial charge in [0.15, 0.2) is 0 Å². The van der Waals surface area contributed by atoms with Gasteiger partial charge in [0.1, 0.15) is 0 Å². The molecular formula is C12H24N2O2. The van der Waals surface area contributed by atoms with Gasteiger partial charge in [-0.15, -0.1) is 0 Å². The number of nitrogens with one attached hydrogen (secondary N) is 1. The Morgan fingerprint density at radius 1 is 1.25 bits per heavy atom. The SMILES string of the molecule is COCCOCCN1CCC2(CCNC2)C1. The van der Waals surface area contributed by atoms with Gasteiger partial charge >= 0.3 is 0 Å². The van der Waals surface area contributed by atoms with Crippen LogP contribution < -0.4 is 5.32 Å². The largest absolute Gasteiger partial charge is 0.382 e. The van der Waals surface area contributed by atoms with Crippen molar-refractivity contribution in [2.45, 2.75) is 12.8 Å². The first-order valence-electron chi connectivity index (χ1n) is 6.34. The zero-order valence-electron chi connectivity index (χ0n) is 10.3. The zero-order chi connectivity index (χ0) is 11.3. The molecule has 4 heteroatoms. The predicted molar refractivity (Wildman–Crippen MR) is 63.7 cm³/mol. The quantitative estimate of drug-likeness (QED) is 0.665. The van der Waals surface area contributed by atoms with Gasteiger partial charge in [-0.2, -0.15) is 0 Å². The molecule has 16 heavy (non-hydrogen) atoms. The van der Waals surface area contributed by atoms with Gasteiger partial charge in [0.2, 0.25) is 0 Å². The highest BCUT2D eigenvalue weighted by atomic mass is 16.5. The summed E-state index contributed by atoms with van der Waals surface area (Å²) in [4.78, 5) is 2.54. The smallest absolute Gasteiger partial charge is 0.0700 e. The lowest BCUT2D eigenvalue weighted by molar-refractivity contribution is 0.0590. The van der Waals surface area contributed by atoms with Crippen LogP contribution in [-0.4, -0.2) is 64.6 Å². The van der Waals surface area contributed by atoms with Gasteiger partial charge in [-0.1, -0.05) is 0 Å². The Bertz CT molecular complexity index is 205. The lowest BCUT2D eigenvalue weighted by Crippen LogP contribution is -2.31. The number of nitrogens with zero attached hydrogens (tertiary/aromatic N) is 1. The van der Waals surface area contributed by atoms with Crippen LogP contribution in [0.1, 0.15) is 12.8 Å². The topological polar surface area (TPSA) is 33.7 Å². The molecule has 2 rings (SSSR count). The van der Waals surface area contributed by atoms with E-state index in [9.17, 15) is 0 Å². The average molecular weight is 228 g/mol. The second-order valence-corrected chi connectivity index (χ2v) is 5.06. The zero-order valence-corrected chi connectivity index (χ0v) is 10.3. The molecule has 2 aliphatic rings. The van der Waals surface area contributed by atoms with Gasteiger partial charge in [0.05, 0.1) is 19.8 Å². The number of ether oxygens (including phenoxy) is 2. The van der Waals surface area contributed by atoms with Gasteiger partial charge in [0.25, 0.3) is 0 Å². The van der Waals surface area contributed by atoms with Crippen LogP contribution in [0.5, 0.6) is 0 Å². The van der Waals surface area contributed by atoms with Crippen molar-refractivity contribution in [1.82, 2.24) is 10.2 Å².